The summed E-state index contributed by atoms with van der Waals surface area (Å²) >= 11 is 0. The lowest BCUT2D eigenvalue weighted by Crippen LogP contribution is -2.03. The molecule has 4 heteroatoms. The molecular formula is C8H11NO3. The van der Waals surface area contributed by atoms with Gasteiger partial charge in [0.05, 0.1) is 0 Å². The molecule has 1 aromatic rings. The molecule has 0 saturated heterocycles. The van der Waals surface area contributed by atoms with Crippen molar-refractivity contribution < 1.29 is 14.3 Å². The van der Waals surface area contributed by atoms with Crippen LogP contribution in [-0.4, -0.2) is 15.9 Å². The van der Waals surface area contributed by atoms with Crippen LogP contribution in [0.15, 0.2) is 10.6 Å². The molecule has 1 N–H and O–H groups in total. The average Bonchev–Trinajstić information content (AvgIpc) is 2.34. The van der Waals surface area contributed by atoms with E-state index in [9.17, 15) is 4.79 Å². The van der Waals surface area contributed by atoms with E-state index in [0.717, 1.165) is 6.20 Å². The first-order chi connectivity index (χ1) is 5.59. The van der Waals surface area contributed by atoms with Crippen molar-refractivity contribution in [2.75, 3.05) is 0 Å². The van der Waals surface area contributed by atoms with Crippen LogP contribution in [0.2, 0.25) is 0 Å². The van der Waals surface area contributed by atoms with Crippen molar-refractivity contribution in [3.63, 3.8) is 0 Å². The van der Waals surface area contributed by atoms with Gasteiger partial charge in [0.25, 0.3) is 5.89 Å². The van der Waals surface area contributed by atoms with Crippen molar-refractivity contribution >= 4 is 5.78 Å². The molecule has 0 amide bonds. The number of aromatic nitrogens is 1. The Labute approximate surface area is 70.2 Å². The lowest BCUT2D eigenvalue weighted by Gasteiger charge is -1.98. The fraction of sp³-hybridized carbons (Fsp3) is 0.500. The second kappa shape index (κ2) is 3.38. The third-order valence-electron chi connectivity index (χ3n) is 1.33. The Bertz CT molecular complexity index is 278. The van der Waals surface area contributed by atoms with Gasteiger partial charge in [-0.1, -0.05) is 13.8 Å². The van der Waals surface area contributed by atoms with Crippen LogP contribution in [0.5, 0.6) is 5.95 Å². The van der Waals surface area contributed by atoms with Gasteiger partial charge in [-0.3, -0.25) is 4.79 Å². The topological polar surface area (TPSA) is 63.3 Å². The Morgan fingerprint density at radius 3 is 2.83 bits per heavy atom. The Morgan fingerprint density at radius 2 is 2.42 bits per heavy atom. The minimum atomic E-state index is -0.317. The van der Waals surface area contributed by atoms with Crippen LogP contribution < -0.4 is 0 Å². The first-order valence-electron chi connectivity index (χ1n) is 3.77. The third-order valence-corrected chi connectivity index (χ3v) is 1.33. The maximum Gasteiger partial charge on any atom is 0.303 e. The van der Waals surface area contributed by atoms with E-state index in [1.165, 1.54) is 0 Å². The second-order valence-corrected chi connectivity index (χ2v) is 3.02. The molecule has 1 heterocycles. The van der Waals surface area contributed by atoms with E-state index < -0.39 is 0 Å². The summed E-state index contributed by atoms with van der Waals surface area (Å²) in [5.41, 5.74) is 0. The lowest BCUT2D eigenvalue weighted by atomic mass is 10.1. The zero-order chi connectivity index (χ0) is 9.14. The fourth-order valence-corrected chi connectivity index (χ4v) is 0.853. The highest BCUT2D eigenvalue weighted by Gasteiger charge is 2.13. The molecule has 0 aliphatic carbocycles. The van der Waals surface area contributed by atoms with Crippen LogP contribution in [0.3, 0.4) is 0 Å². The molecule has 4 nitrogen and oxygen atoms in total. The Kier molecular flexibility index (Phi) is 2.47. The van der Waals surface area contributed by atoms with Crippen LogP contribution in [-0.2, 0) is 0 Å². The quantitative estimate of drug-likeness (QED) is 0.698. The van der Waals surface area contributed by atoms with Gasteiger partial charge in [-0.25, -0.2) is 4.98 Å². The SMILES string of the molecule is CC(C)CC(=O)c1ncc(O)o1. The normalized spacial score (nSPS) is 10.6. The number of nitrogens with zero attached hydrogens (tertiary/aromatic N) is 1. The largest absolute Gasteiger partial charge is 0.480 e. The van der Waals surface area contributed by atoms with E-state index in [1.54, 1.807) is 0 Å². The molecule has 0 aliphatic heterocycles. The highest BCUT2D eigenvalue weighted by Crippen LogP contribution is 2.13. The van der Waals surface area contributed by atoms with Crippen molar-refractivity contribution in [1.82, 2.24) is 4.98 Å². The highest BCUT2D eigenvalue weighted by atomic mass is 16.5. The lowest BCUT2D eigenvalue weighted by molar-refractivity contribution is 0.0927. The number of hydrogen-bond acceptors (Lipinski definition) is 4. The first kappa shape index (κ1) is 8.77. The molecule has 0 fully saturated rings. The molecule has 0 unspecified atom stereocenters. The van der Waals surface area contributed by atoms with E-state index in [2.05, 4.69) is 9.40 Å². The summed E-state index contributed by atoms with van der Waals surface area (Å²) in [6, 6.07) is 0. The summed E-state index contributed by atoms with van der Waals surface area (Å²) in [6.07, 6.45) is 1.51. The highest BCUT2D eigenvalue weighted by molar-refractivity contribution is 5.91. The summed E-state index contributed by atoms with van der Waals surface area (Å²) in [7, 11) is 0. The standard InChI is InChI=1S/C8H11NO3/c1-5(2)3-6(10)8-9-4-7(11)12-8/h4-5,11H,3H2,1-2H3. The minimum absolute atomic E-state index is 0.0128. The van der Waals surface area contributed by atoms with Crippen LogP contribution in [0.4, 0.5) is 0 Å². The van der Waals surface area contributed by atoms with Crippen molar-refractivity contribution in [2.24, 2.45) is 5.92 Å². The molecule has 12 heavy (non-hydrogen) atoms. The molecule has 0 spiro atoms. The minimum Gasteiger partial charge on any atom is -0.480 e. The summed E-state index contributed by atoms with van der Waals surface area (Å²) in [4.78, 5) is 14.8. The molecule has 0 atom stereocenters. The van der Waals surface area contributed by atoms with E-state index >= 15 is 0 Å². The van der Waals surface area contributed by atoms with E-state index in [0.29, 0.717) is 6.42 Å². The van der Waals surface area contributed by atoms with Crippen molar-refractivity contribution in [3.8, 4) is 5.95 Å². The first-order valence-corrected chi connectivity index (χ1v) is 3.77. The number of carbonyl (C=O) groups excluding carboxylic acids is 1. The Hall–Kier alpha value is -1.32. The Balaban J connectivity index is 2.65. The van der Waals surface area contributed by atoms with Gasteiger partial charge in [0.1, 0.15) is 6.20 Å². The summed E-state index contributed by atoms with van der Waals surface area (Å²) < 4.78 is 4.64. The number of aromatic hydroxyl groups is 1. The number of hydrogen-bond donors (Lipinski definition) is 1. The van der Waals surface area contributed by atoms with Gasteiger partial charge in [-0.15, -0.1) is 0 Å². The predicted octanol–water partition coefficient (Wildman–Crippen LogP) is 1.61. The number of oxazole rings is 1. The van der Waals surface area contributed by atoms with Gasteiger partial charge in [0.15, 0.2) is 0 Å². The van der Waals surface area contributed by atoms with Gasteiger partial charge in [-0.05, 0) is 5.92 Å². The van der Waals surface area contributed by atoms with Crippen molar-refractivity contribution in [2.45, 2.75) is 20.3 Å². The van der Waals surface area contributed by atoms with Gasteiger partial charge < -0.3 is 9.52 Å². The smallest absolute Gasteiger partial charge is 0.303 e. The average molecular weight is 169 g/mol. The van der Waals surface area contributed by atoms with E-state index in [-0.39, 0.29) is 23.5 Å². The van der Waals surface area contributed by atoms with Gasteiger partial charge in [-0.2, -0.15) is 0 Å². The van der Waals surface area contributed by atoms with Crippen molar-refractivity contribution in [3.05, 3.63) is 12.1 Å². The maximum atomic E-state index is 11.2. The molecule has 0 aromatic carbocycles. The molecular weight excluding hydrogens is 158 g/mol. The molecule has 0 aliphatic rings. The number of Topliss-reactive ketones (excluding diaryl/α,β-unsaturated/α-hetero) is 1. The van der Waals surface area contributed by atoms with Crippen molar-refractivity contribution in [1.29, 1.82) is 0 Å². The molecule has 0 saturated carbocycles. The van der Waals surface area contributed by atoms with E-state index in [1.807, 2.05) is 13.8 Å². The van der Waals surface area contributed by atoms with Crippen LogP contribution in [0, 0.1) is 5.92 Å². The number of carbonyl (C=O) groups is 1. The maximum absolute atomic E-state index is 11.2. The monoisotopic (exact) mass is 169 g/mol. The molecule has 0 radical (unpaired) electrons. The summed E-state index contributed by atoms with van der Waals surface area (Å²) in [5, 5.41) is 8.75. The number of ketones is 1. The van der Waals surface area contributed by atoms with E-state index in [4.69, 9.17) is 5.11 Å². The molecule has 66 valence electrons. The molecule has 1 aromatic heterocycles. The number of rotatable bonds is 3. The van der Waals surface area contributed by atoms with Crippen LogP contribution in [0.25, 0.3) is 0 Å². The zero-order valence-electron chi connectivity index (χ0n) is 7.07. The molecule has 1 rings (SSSR count). The van der Waals surface area contributed by atoms with Gasteiger partial charge in [0.2, 0.25) is 5.78 Å². The molecule has 0 bridgehead atoms. The van der Waals surface area contributed by atoms with Crippen LogP contribution in [0.1, 0.15) is 31.0 Å². The predicted molar refractivity (Wildman–Crippen MR) is 42.0 cm³/mol. The summed E-state index contributed by atoms with van der Waals surface area (Å²) in [5.74, 6) is -0.236. The summed E-state index contributed by atoms with van der Waals surface area (Å²) in [6.45, 7) is 3.86. The van der Waals surface area contributed by atoms with Crippen LogP contribution >= 0.6 is 0 Å². The van der Waals surface area contributed by atoms with Gasteiger partial charge in [0, 0.05) is 6.42 Å². The third kappa shape index (κ3) is 2.08. The fourth-order valence-electron chi connectivity index (χ4n) is 0.853. The zero-order valence-corrected chi connectivity index (χ0v) is 7.07. The second-order valence-electron chi connectivity index (χ2n) is 3.02. The van der Waals surface area contributed by atoms with Gasteiger partial charge >= 0.3 is 5.95 Å². The Morgan fingerprint density at radius 1 is 1.75 bits per heavy atom.